The first-order valence-corrected chi connectivity index (χ1v) is 17.6. The van der Waals surface area contributed by atoms with Crippen LogP contribution >= 0.6 is 0 Å². The van der Waals surface area contributed by atoms with Gasteiger partial charge in [0.05, 0.1) is 13.2 Å². The van der Waals surface area contributed by atoms with E-state index < -0.39 is 0 Å². The molecule has 0 bridgehead atoms. The molecular formula is C38H60N8O2. The zero-order chi connectivity index (χ0) is 34.3. The van der Waals surface area contributed by atoms with Crippen LogP contribution < -0.4 is 11.0 Å². The van der Waals surface area contributed by atoms with Crippen LogP contribution in [0.25, 0.3) is 0 Å². The number of hydrogen-bond donors (Lipinski definition) is 2. The van der Waals surface area contributed by atoms with Gasteiger partial charge in [0.2, 0.25) is 0 Å². The third kappa shape index (κ3) is 10.6. The van der Waals surface area contributed by atoms with E-state index in [1.807, 2.05) is 57.2 Å². The average Bonchev–Trinajstić information content (AvgIpc) is 3.14. The highest BCUT2D eigenvalue weighted by atomic mass is 16.6. The Bertz CT molecular complexity index is 1200. The first kappa shape index (κ1) is 38.0. The smallest absolute Gasteiger partial charge is 0.0780 e. The van der Waals surface area contributed by atoms with E-state index in [4.69, 9.17) is 9.68 Å². The Morgan fingerprint density at radius 1 is 0.604 bits per heavy atom. The standard InChI is InChI=1S/2C13H21N3O.C12H18N2/c1-14-17-11-13(5-9-16(2)10-6-13)12-3-7-15-8-4-12;1-14-17-11-13(5-8-16(2)9-6-13)12-4-3-7-15-10-12;1-12(6-9-14(2)10-7-12)11-5-3-4-8-13-11/h3-4,7-8,14H,5-6,9-11H2,1-2H3;3-4,7,10,14H,5-6,8-9,11H2,1-2H3;3-5,8H,6-7,9-10H2,1-2H3. The SMILES string of the molecule is CN1CCC(C)(c2ccccn2)CC1.CNOCC1(c2cccnc2)CCN(C)CC1.CNOCC1(c2ccncc2)CCN(C)CC1. The Kier molecular flexibility index (Phi) is 14.9. The van der Waals surface area contributed by atoms with E-state index in [0.29, 0.717) is 12.0 Å². The zero-order valence-electron chi connectivity index (χ0n) is 30.3. The Morgan fingerprint density at radius 2 is 1.12 bits per heavy atom. The van der Waals surface area contributed by atoms with E-state index in [1.165, 1.54) is 42.8 Å². The molecule has 0 atom stereocenters. The van der Waals surface area contributed by atoms with Crippen molar-refractivity contribution in [2.45, 2.75) is 61.7 Å². The molecule has 0 aromatic carbocycles. The van der Waals surface area contributed by atoms with Crippen molar-refractivity contribution < 1.29 is 9.68 Å². The lowest BCUT2D eigenvalue weighted by molar-refractivity contribution is -0.000294. The molecule has 0 saturated carbocycles. The number of nitrogens with zero attached hydrogens (tertiary/aromatic N) is 6. The van der Waals surface area contributed by atoms with Crippen LogP contribution in [-0.4, -0.2) is 117 Å². The van der Waals surface area contributed by atoms with E-state index in [1.54, 1.807) is 0 Å². The predicted molar refractivity (Wildman–Crippen MR) is 194 cm³/mol. The van der Waals surface area contributed by atoms with Crippen molar-refractivity contribution in [2.24, 2.45) is 0 Å². The summed E-state index contributed by atoms with van der Waals surface area (Å²) in [6.07, 6.45) is 16.4. The molecule has 3 aromatic rings. The van der Waals surface area contributed by atoms with Crippen molar-refractivity contribution in [3.05, 3.63) is 90.3 Å². The van der Waals surface area contributed by atoms with Gasteiger partial charge < -0.3 is 24.4 Å². The highest BCUT2D eigenvalue weighted by molar-refractivity contribution is 5.25. The van der Waals surface area contributed by atoms with Crippen LogP contribution in [0, 0.1) is 0 Å². The Hall–Kier alpha value is -2.83. The Labute approximate surface area is 289 Å². The number of aromatic nitrogens is 3. The molecule has 6 heterocycles. The van der Waals surface area contributed by atoms with Gasteiger partial charge in [-0.1, -0.05) is 19.1 Å². The summed E-state index contributed by atoms with van der Waals surface area (Å²) in [5.41, 5.74) is 10.0. The van der Waals surface area contributed by atoms with Gasteiger partial charge in [0.25, 0.3) is 0 Å². The van der Waals surface area contributed by atoms with Gasteiger partial charge in [-0.05, 0) is 140 Å². The van der Waals surface area contributed by atoms with E-state index in [-0.39, 0.29) is 10.8 Å². The molecule has 0 spiro atoms. The zero-order valence-corrected chi connectivity index (χ0v) is 30.3. The van der Waals surface area contributed by atoms with Gasteiger partial charge in [-0.25, -0.2) is 11.0 Å². The van der Waals surface area contributed by atoms with Gasteiger partial charge >= 0.3 is 0 Å². The molecule has 3 aromatic heterocycles. The summed E-state index contributed by atoms with van der Waals surface area (Å²) in [6, 6.07) is 14.6. The first-order valence-electron chi connectivity index (χ1n) is 17.6. The molecule has 3 fully saturated rings. The summed E-state index contributed by atoms with van der Waals surface area (Å²) in [5.74, 6) is 0. The summed E-state index contributed by atoms with van der Waals surface area (Å²) < 4.78 is 0. The van der Waals surface area contributed by atoms with Crippen LogP contribution in [0.2, 0.25) is 0 Å². The maximum absolute atomic E-state index is 5.48. The van der Waals surface area contributed by atoms with E-state index in [2.05, 4.69) is 99.0 Å². The molecule has 264 valence electrons. The van der Waals surface area contributed by atoms with Crippen LogP contribution in [0.5, 0.6) is 0 Å². The van der Waals surface area contributed by atoms with E-state index in [9.17, 15) is 0 Å². The quantitative estimate of drug-likeness (QED) is 0.321. The highest BCUT2D eigenvalue weighted by Gasteiger charge is 2.37. The van der Waals surface area contributed by atoms with Crippen molar-refractivity contribution >= 4 is 0 Å². The average molecular weight is 661 g/mol. The fourth-order valence-corrected chi connectivity index (χ4v) is 7.02. The van der Waals surface area contributed by atoms with Gasteiger partial charge in [-0.3, -0.25) is 15.0 Å². The lowest BCUT2D eigenvalue weighted by atomic mass is 9.74. The molecule has 48 heavy (non-hydrogen) atoms. The minimum absolute atomic E-state index is 0.115. The number of hydrogen-bond acceptors (Lipinski definition) is 10. The monoisotopic (exact) mass is 660 g/mol. The van der Waals surface area contributed by atoms with Crippen LogP contribution in [0.1, 0.15) is 62.3 Å². The molecule has 0 radical (unpaired) electrons. The molecule has 10 heteroatoms. The summed E-state index contributed by atoms with van der Waals surface area (Å²) in [6.45, 7) is 10.6. The molecule has 3 aliphatic heterocycles. The highest BCUT2D eigenvalue weighted by Crippen LogP contribution is 2.36. The molecule has 2 N–H and O–H groups in total. The molecule has 3 saturated heterocycles. The second kappa shape index (κ2) is 18.8. The van der Waals surface area contributed by atoms with Crippen LogP contribution in [0.15, 0.2) is 73.4 Å². The second-order valence-corrected chi connectivity index (χ2v) is 14.2. The fraction of sp³-hybridized carbons (Fsp3) is 0.605. The molecule has 0 amide bonds. The number of likely N-dealkylation sites (tertiary alicyclic amines) is 3. The van der Waals surface area contributed by atoms with Crippen molar-refractivity contribution in [1.82, 2.24) is 40.6 Å². The number of hydroxylamine groups is 2. The van der Waals surface area contributed by atoms with E-state index in [0.717, 1.165) is 58.5 Å². The summed E-state index contributed by atoms with van der Waals surface area (Å²) in [5, 5.41) is 0. The predicted octanol–water partition coefficient (Wildman–Crippen LogP) is 4.46. The van der Waals surface area contributed by atoms with E-state index >= 15 is 0 Å². The largest absolute Gasteiger partial charge is 0.306 e. The second-order valence-electron chi connectivity index (χ2n) is 14.2. The fourth-order valence-electron chi connectivity index (χ4n) is 7.02. The van der Waals surface area contributed by atoms with Crippen LogP contribution in [0.3, 0.4) is 0 Å². The normalized spacial score (nSPS) is 20.9. The maximum Gasteiger partial charge on any atom is 0.0780 e. The van der Waals surface area contributed by atoms with Gasteiger partial charge in [-0.2, -0.15) is 0 Å². The lowest BCUT2D eigenvalue weighted by Gasteiger charge is -2.40. The number of nitrogens with one attached hydrogen (secondary N) is 2. The third-order valence-electron chi connectivity index (χ3n) is 10.8. The molecule has 6 rings (SSSR count). The first-order chi connectivity index (χ1) is 23.2. The molecule has 0 unspecified atom stereocenters. The molecule has 0 aliphatic carbocycles. The minimum Gasteiger partial charge on any atom is -0.306 e. The van der Waals surface area contributed by atoms with Gasteiger partial charge in [0.1, 0.15) is 0 Å². The summed E-state index contributed by atoms with van der Waals surface area (Å²) >= 11 is 0. The molecular weight excluding hydrogens is 600 g/mol. The van der Waals surface area contributed by atoms with Crippen LogP contribution in [-0.2, 0) is 25.9 Å². The summed E-state index contributed by atoms with van der Waals surface area (Å²) in [7, 11) is 10.2. The Morgan fingerprint density at radius 3 is 1.58 bits per heavy atom. The Balaban J connectivity index is 0.000000163. The third-order valence-corrected chi connectivity index (χ3v) is 10.8. The maximum atomic E-state index is 5.48. The van der Waals surface area contributed by atoms with Crippen molar-refractivity contribution in [3.63, 3.8) is 0 Å². The van der Waals surface area contributed by atoms with Gasteiger partial charge in [0.15, 0.2) is 0 Å². The number of piperidine rings is 3. The van der Waals surface area contributed by atoms with Gasteiger partial charge in [-0.15, -0.1) is 0 Å². The number of rotatable bonds is 9. The van der Waals surface area contributed by atoms with Crippen molar-refractivity contribution in [1.29, 1.82) is 0 Å². The minimum atomic E-state index is 0.115. The topological polar surface area (TPSA) is 90.9 Å². The van der Waals surface area contributed by atoms with Crippen LogP contribution in [0.4, 0.5) is 0 Å². The van der Waals surface area contributed by atoms with Crippen molar-refractivity contribution in [2.75, 3.05) is 87.7 Å². The lowest BCUT2D eigenvalue weighted by Crippen LogP contribution is -2.44. The molecule has 10 nitrogen and oxygen atoms in total. The number of pyridine rings is 3. The van der Waals surface area contributed by atoms with Crippen molar-refractivity contribution in [3.8, 4) is 0 Å². The van der Waals surface area contributed by atoms with Gasteiger partial charge in [0, 0.05) is 67.0 Å². The summed E-state index contributed by atoms with van der Waals surface area (Å²) in [4.78, 5) is 30.9. The molecule has 3 aliphatic rings.